The minimum absolute atomic E-state index is 0.0421. The quantitative estimate of drug-likeness (QED) is 0.108. The van der Waals surface area contributed by atoms with E-state index in [1.54, 1.807) is 27.1 Å². The van der Waals surface area contributed by atoms with E-state index in [1.807, 2.05) is 12.1 Å². The fourth-order valence-electron chi connectivity index (χ4n) is 1.68. The summed E-state index contributed by atoms with van der Waals surface area (Å²) in [5.74, 6) is 0.650. The van der Waals surface area contributed by atoms with Crippen LogP contribution in [0.15, 0.2) is 36.3 Å². The molecule has 0 saturated heterocycles. The number of aliphatic hydroxyl groups is 1. The third-order valence-electron chi connectivity index (χ3n) is 2.94. The molecule has 1 unspecified atom stereocenters. The lowest BCUT2D eigenvalue weighted by molar-refractivity contribution is 0.102. The van der Waals surface area contributed by atoms with Crippen LogP contribution in [-0.4, -0.2) is 47.6 Å². The van der Waals surface area contributed by atoms with Crippen LogP contribution in [0.1, 0.15) is 12.5 Å². The van der Waals surface area contributed by atoms with Gasteiger partial charge in [0.2, 0.25) is 0 Å². The van der Waals surface area contributed by atoms with Gasteiger partial charge in [-0.2, -0.15) is 0 Å². The van der Waals surface area contributed by atoms with Crippen LogP contribution in [0.25, 0.3) is 0 Å². The van der Waals surface area contributed by atoms with Crippen molar-refractivity contribution in [1.29, 1.82) is 0 Å². The molecule has 0 aliphatic rings. The number of rotatable bonds is 15. The Morgan fingerprint density at radius 1 is 1.19 bits per heavy atom. The molecule has 0 fully saturated rings. The Morgan fingerprint density at radius 2 is 1.85 bits per heavy atom. The summed E-state index contributed by atoms with van der Waals surface area (Å²) >= 11 is 1.13. The number of aliphatic hydroxyl groups excluding tert-OH is 1. The average Bonchev–Trinajstić information content (AvgIpc) is 2.67. The van der Waals surface area contributed by atoms with Crippen molar-refractivity contribution >= 4 is 36.1 Å². The smallest absolute Gasteiger partial charge is 0.512 e. The van der Waals surface area contributed by atoms with Crippen molar-refractivity contribution in [2.24, 2.45) is 0 Å². The number of ether oxygens (including phenoxy) is 1. The normalized spacial score (nSPS) is 13.9. The fraction of sp³-hybridized carbons (Fsp3) is 0.429. The molecule has 0 spiro atoms. The zero-order chi connectivity index (χ0) is 20.0. The van der Waals surface area contributed by atoms with Crippen LogP contribution < -0.4 is 9.25 Å². The molecule has 0 saturated carbocycles. The first kappa shape index (κ1) is 23.9. The Morgan fingerprint density at radius 3 is 2.44 bits per heavy atom. The average molecular weight is 419 g/mol. The highest BCUT2D eigenvalue weighted by atomic mass is 32.2. The van der Waals surface area contributed by atoms with Gasteiger partial charge < -0.3 is 23.1 Å². The minimum Gasteiger partial charge on any atom is -0.512 e. The SMILES string of the molecule is BOCCOP(=O)(OCCO/C(C)=C\O)Oc1ccc(CNSOB)cc1. The summed E-state index contributed by atoms with van der Waals surface area (Å²) in [6.45, 7) is 2.47. The van der Waals surface area contributed by atoms with E-state index in [-0.39, 0.29) is 26.4 Å². The molecule has 1 aromatic rings. The van der Waals surface area contributed by atoms with Crippen LogP contribution in [0.4, 0.5) is 0 Å². The molecule has 9 nitrogen and oxygen atoms in total. The van der Waals surface area contributed by atoms with Gasteiger partial charge in [-0.15, -0.1) is 0 Å². The van der Waals surface area contributed by atoms with E-state index in [1.165, 1.54) is 8.05 Å². The first-order chi connectivity index (χ1) is 13.0. The lowest BCUT2D eigenvalue weighted by Crippen LogP contribution is -2.10. The van der Waals surface area contributed by atoms with Gasteiger partial charge in [0.1, 0.15) is 24.4 Å². The summed E-state index contributed by atoms with van der Waals surface area (Å²) in [6.07, 6.45) is 0.826. The Bertz CT molecular complexity index is 607. The van der Waals surface area contributed by atoms with Crippen LogP contribution in [-0.2, 0) is 33.6 Å². The molecule has 0 heterocycles. The standard InChI is InChI=1S/C14H24B2NO8PS/c1-12(11-18)20-6-8-22-26(19,23-9-7-21-15)24-14-4-2-13(3-5-14)10-17-27-25-16/h2-5,11,17-18H,6-10,15-16H2,1H3/b12-11-. The molecule has 0 bridgehead atoms. The van der Waals surface area contributed by atoms with Crippen molar-refractivity contribution in [2.45, 2.75) is 13.5 Å². The van der Waals surface area contributed by atoms with Crippen molar-refractivity contribution < 1.29 is 36.7 Å². The Kier molecular flexibility index (Phi) is 12.4. The van der Waals surface area contributed by atoms with Crippen molar-refractivity contribution in [1.82, 2.24) is 4.72 Å². The molecule has 1 atom stereocenters. The molecule has 2 N–H and O–H groups in total. The van der Waals surface area contributed by atoms with E-state index in [0.717, 1.165) is 24.1 Å². The lowest BCUT2D eigenvalue weighted by atomic mass is 10.2. The second kappa shape index (κ2) is 14.0. The van der Waals surface area contributed by atoms with Crippen LogP contribution in [0.2, 0.25) is 0 Å². The summed E-state index contributed by atoms with van der Waals surface area (Å²) in [5.41, 5.74) is 0.989. The molecule has 1 aromatic carbocycles. The van der Waals surface area contributed by atoms with Crippen molar-refractivity contribution in [3.8, 4) is 5.75 Å². The molecule has 0 aliphatic carbocycles. The summed E-state index contributed by atoms with van der Waals surface area (Å²) in [4.78, 5) is 0. The molecule has 27 heavy (non-hydrogen) atoms. The third kappa shape index (κ3) is 10.7. The monoisotopic (exact) mass is 419 g/mol. The predicted molar refractivity (Wildman–Crippen MR) is 107 cm³/mol. The van der Waals surface area contributed by atoms with E-state index >= 15 is 0 Å². The summed E-state index contributed by atoms with van der Waals surface area (Å²) in [5, 5.41) is 8.76. The van der Waals surface area contributed by atoms with Crippen LogP contribution in [0.3, 0.4) is 0 Å². The van der Waals surface area contributed by atoms with Crippen molar-refractivity contribution in [3.63, 3.8) is 0 Å². The maximum Gasteiger partial charge on any atom is 0.530 e. The second-order valence-corrected chi connectivity index (χ2v) is 7.38. The maximum atomic E-state index is 12.8. The molecule has 0 aromatic heterocycles. The van der Waals surface area contributed by atoms with Gasteiger partial charge in [-0.05, 0) is 24.6 Å². The summed E-state index contributed by atoms with van der Waals surface area (Å²) < 4.78 is 46.6. The molecule has 150 valence electrons. The van der Waals surface area contributed by atoms with Gasteiger partial charge in [-0.1, -0.05) is 12.1 Å². The highest BCUT2D eigenvalue weighted by Crippen LogP contribution is 2.49. The van der Waals surface area contributed by atoms with Gasteiger partial charge >= 0.3 is 7.82 Å². The van der Waals surface area contributed by atoms with Gasteiger partial charge in [0.25, 0.3) is 16.1 Å². The van der Waals surface area contributed by atoms with Crippen molar-refractivity contribution in [2.75, 3.05) is 26.4 Å². The first-order valence-corrected chi connectivity index (χ1v) is 10.3. The number of benzene rings is 1. The number of phosphoric acid groups is 1. The number of allylic oxidation sites excluding steroid dienone is 1. The Balaban J connectivity index is 2.62. The highest BCUT2D eigenvalue weighted by Gasteiger charge is 2.28. The van der Waals surface area contributed by atoms with Gasteiger partial charge in [-0.3, -0.25) is 9.05 Å². The molecule has 0 amide bonds. The number of nitrogens with one attached hydrogen (secondary N) is 1. The van der Waals surface area contributed by atoms with Crippen molar-refractivity contribution in [3.05, 3.63) is 41.9 Å². The van der Waals surface area contributed by atoms with Gasteiger partial charge in [0.05, 0.1) is 32.0 Å². The van der Waals surface area contributed by atoms with E-state index in [0.29, 0.717) is 18.1 Å². The minimum atomic E-state index is -3.86. The summed E-state index contributed by atoms with van der Waals surface area (Å²) in [6, 6.07) is 6.96. The van der Waals surface area contributed by atoms with Gasteiger partial charge in [0, 0.05) is 6.54 Å². The zero-order valence-corrected chi connectivity index (χ0v) is 17.3. The van der Waals surface area contributed by atoms with Crippen LogP contribution >= 0.6 is 20.1 Å². The lowest BCUT2D eigenvalue weighted by Gasteiger charge is -2.19. The molecule has 13 heteroatoms. The fourth-order valence-corrected chi connectivity index (χ4v) is 3.18. The van der Waals surface area contributed by atoms with E-state index in [2.05, 4.69) is 4.72 Å². The molecular formula is C14H24B2NO8PS. The molecule has 0 radical (unpaired) electrons. The van der Waals surface area contributed by atoms with Gasteiger partial charge in [0.15, 0.2) is 0 Å². The Hall–Kier alpha value is -1.13. The number of hydrogen-bond acceptors (Lipinski definition) is 10. The summed E-state index contributed by atoms with van der Waals surface area (Å²) in [7, 11) is -0.788. The van der Waals surface area contributed by atoms with E-state index in [9.17, 15) is 4.57 Å². The van der Waals surface area contributed by atoms with E-state index < -0.39 is 7.82 Å². The molecular weight excluding hydrogens is 395 g/mol. The zero-order valence-electron chi connectivity index (χ0n) is 15.6. The molecule has 0 aliphatic heterocycles. The number of phosphoric ester groups is 1. The van der Waals surface area contributed by atoms with Crippen LogP contribution in [0.5, 0.6) is 5.75 Å². The van der Waals surface area contributed by atoms with E-state index in [4.69, 9.17) is 32.2 Å². The van der Waals surface area contributed by atoms with Gasteiger partial charge in [-0.25, -0.2) is 9.29 Å². The Labute approximate surface area is 165 Å². The maximum absolute atomic E-state index is 12.8. The molecule has 1 rings (SSSR count). The largest absolute Gasteiger partial charge is 0.530 e. The topological polar surface area (TPSA) is 105 Å². The highest BCUT2D eigenvalue weighted by molar-refractivity contribution is 7.93. The first-order valence-electron chi connectivity index (χ1n) is 8.06. The number of hydrogen-bond donors (Lipinski definition) is 2. The second-order valence-electron chi connectivity index (χ2n) is 5.00. The van der Waals surface area contributed by atoms with Crippen LogP contribution in [0, 0.1) is 0 Å². The predicted octanol–water partition coefficient (Wildman–Crippen LogP) is 1.42. The third-order valence-corrected chi connectivity index (χ3v) is 4.80.